The predicted octanol–water partition coefficient (Wildman–Crippen LogP) is 6.03. The molecule has 0 atom stereocenters. The number of hydrogen-bond acceptors (Lipinski definition) is 5. The molecule has 2 amide bonds. The Kier molecular flexibility index (Phi) is 7.11. The molecule has 0 aliphatic carbocycles. The van der Waals surface area contributed by atoms with Crippen LogP contribution in [0.25, 0.3) is 6.08 Å². The third-order valence-corrected chi connectivity index (χ3v) is 5.71. The van der Waals surface area contributed by atoms with Gasteiger partial charge in [0.2, 0.25) is 0 Å². The first-order valence-electron chi connectivity index (χ1n) is 9.02. The molecule has 8 heteroatoms. The maximum absolute atomic E-state index is 12.3. The zero-order chi connectivity index (χ0) is 21.0. The minimum absolute atomic E-state index is 0.230. The molecule has 0 radical (unpaired) electrons. The fraction of sp³-hybridized carbons (Fsp3) is 0.238. The summed E-state index contributed by atoms with van der Waals surface area (Å²) in [4.78, 5) is 25.8. The Morgan fingerprint density at radius 2 is 1.83 bits per heavy atom. The van der Waals surface area contributed by atoms with E-state index in [9.17, 15) is 9.59 Å². The molecule has 1 heterocycles. The second kappa shape index (κ2) is 9.57. The Labute approximate surface area is 183 Å². The van der Waals surface area contributed by atoms with Crippen LogP contribution < -0.4 is 9.47 Å². The van der Waals surface area contributed by atoms with Crippen molar-refractivity contribution >= 4 is 52.2 Å². The van der Waals surface area contributed by atoms with Gasteiger partial charge in [-0.1, -0.05) is 41.4 Å². The number of likely N-dealkylation sites (N-methyl/N-ethyl adjacent to an activating group) is 1. The van der Waals surface area contributed by atoms with Gasteiger partial charge in [0.15, 0.2) is 11.5 Å². The lowest BCUT2D eigenvalue weighted by Crippen LogP contribution is -2.27. The van der Waals surface area contributed by atoms with Crippen LogP contribution in [-0.2, 0) is 11.4 Å². The Bertz CT molecular complexity index is 977. The molecule has 0 unspecified atom stereocenters. The molecule has 0 bridgehead atoms. The van der Waals surface area contributed by atoms with E-state index < -0.39 is 0 Å². The zero-order valence-electron chi connectivity index (χ0n) is 15.9. The largest absolute Gasteiger partial charge is 0.490 e. The number of hydrogen-bond donors (Lipinski definition) is 0. The molecule has 1 aliphatic heterocycles. The molecule has 2 aromatic carbocycles. The number of imide groups is 1. The van der Waals surface area contributed by atoms with Crippen LogP contribution in [0, 0.1) is 0 Å². The Hall–Kier alpha value is -2.15. The first-order chi connectivity index (χ1) is 13.9. The molecule has 0 spiro atoms. The molecule has 1 saturated heterocycles. The Balaban J connectivity index is 1.89. The van der Waals surface area contributed by atoms with Crippen LogP contribution in [0.2, 0.25) is 10.0 Å². The van der Waals surface area contributed by atoms with Crippen molar-refractivity contribution in [1.82, 2.24) is 4.90 Å². The molecular weight excluding hydrogens is 433 g/mol. The van der Waals surface area contributed by atoms with Gasteiger partial charge in [0.1, 0.15) is 6.61 Å². The van der Waals surface area contributed by atoms with E-state index in [1.807, 2.05) is 25.1 Å². The maximum Gasteiger partial charge on any atom is 0.293 e. The van der Waals surface area contributed by atoms with E-state index >= 15 is 0 Å². The maximum atomic E-state index is 12.3. The summed E-state index contributed by atoms with van der Waals surface area (Å²) in [6, 6.07) is 10.8. The van der Waals surface area contributed by atoms with Crippen molar-refractivity contribution < 1.29 is 19.1 Å². The highest BCUT2D eigenvalue weighted by atomic mass is 35.5. The number of ether oxygens (including phenoxy) is 2. The SMILES string of the molecule is CCOc1cc(/C=C2/SC(=O)N(CC)C2=O)cc(Cl)c1OCc1ccccc1Cl. The van der Waals surface area contributed by atoms with Gasteiger partial charge in [-0.25, -0.2) is 0 Å². The minimum atomic E-state index is -0.310. The lowest BCUT2D eigenvalue weighted by molar-refractivity contribution is -0.122. The number of nitrogens with zero attached hydrogens (tertiary/aromatic N) is 1. The molecule has 152 valence electrons. The number of amides is 2. The molecular formula is C21H19Cl2NO4S. The van der Waals surface area contributed by atoms with Gasteiger partial charge < -0.3 is 9.47 Å². The average Bonchev–Trinajstić information content (AvgIpc) is 2.95. The Morgan fingerprint density at radius 3 is 2.48 bits per heavy atom. The summed E-state index contributed by atoms with van der Waals surface area (Å²) < 4.78 is 11.6. The standard InChI is InChI=1S/C21H19Cl2NO4S/c1-3-24-20(25)18(29-21(24)26)11-13-9-16(23)19(17(10-13)27-4-2)28-12-14-7-5-6-8-15(14)22/h5-11H,3-4,12H2,1-2H3/b18-11+. The molecule has 0 N–H and O–H groups in total. The van der Waals surface area contributed by atoms with Crippen molar-refractivity contribution in [1.29, 1.82) is 0 Å². The third-order valence-electron chi connectivity index (χ3n) is 4.15. The van der Waals surface area contributed by atoms with Crippen molar-refractivity contribution in [2.24, 2.45) is 0 Å². The number of rotatable bonds is 7. The summed E-state index contributed by atoms with van der Waals surface area (Å²) in [5, 5.41) is 0.661. The van der Waals surface area contributed by atoms with E-state index in [1.165, 1.54) is 4.90 Å². The Morgan fingerprint density at radius 1 is 1.07 bits per heavy atom. The number of carbonyl (C=O) groups is 2. The lowest BCUT2D eigenvalue weighted by Gasteiger charge is -2.15. The van der Waals surface area contributed by atoms with Crippen molar-refractivity contribution in [2.75, 3.05) is 13.2 Å². The molecule has 3 rings (SSSR count). The molecule has 1 aliphatic rings. The van der Waals surface area contributed by atoms with E-state index in [0.717, 1.165) is 17.3 Å². The van der Waals surface area contributed by atoms with Gasteiger partial charge in [-0.2, -0.15) is 0 Å². The first-order valence-corrected chi connectivity index (χ1v) is 10.6. The molecule has 5 nitrogen and oxygen atoms in total. The van der Waals surface area contributed by atoms with Gasteiger partial charge >= 0.3 is 0 Å². The highest BCUT2D eigenvalue weighted by Crippen LogP contribution is 2.39. The highest BCUT2D eigenvalue weighted by molar-refractivity contribution is 8.18. The van der Waals surface area contributed by atoms with Crippen LogP contribution in [0.4, 0.5) is 4.79 Å². The quantitative estimate of drug-likeness (QED) is 0.481. The van der Waals surface area contributed by atoms with Crippen LogP contribution in [-0.4, -0.2) is 29.2 Å². The van der Waals surface area contributed by atoms with Gasteiger partial charge in [0.25, 0.3) is 11.1 Å². The minimum Gasteiger partial charge on any atom is -0.490 e. The van der Waals surface area contributed by atoms with Crippen LogP contribution in [0.5, 0.6) is 11.5 Å². The van der Waals surface area contributed by atoms with Crippen molar-refractivity contribution in [3.63, 3.8) is 0 Å². The lowest BCUT2D eigenvalue weighted by atomic mass is 10.1. The zero-order valence-corrected chi connectivity index (χ0v) is 18.2. The predicted molar refractivity (Wildman–Crippen MR) is 117 cm³/mol. The van der Waals surface area contributed by atoms with Crippen molar-refractivity contribution in [3.8, 4) is 11.5 Å². The molecule has 0 saturated carbocycles. The molecule has 0 aromatic heterocycles. The number of halogens is 2. The topological polar surface area (TPSA) is 55.8 Å². The van der Waals surface area contributed by atoms with Crippen LogP contribution >= 0.6 is 35.0 Å². The summed E-state index contributed by atoms with van der Waals surface area (Å²) in [7, 11) is 0. The van der Waals surface area contributed by atoms with Gasteiger partial charge in [0.05, 0.1) is 16.5 Å². The van der Waals surface area contributed by atoms with E-state index in [4.69, 9.17) is 32.7 Å². The van der Waals surface area contributed by atoms with Crippen molar-refractivity contribution in [3.05, 3.63) is 62.5 Å². The monoisotopic (exact) mass is 451 g/mol. The number of carbonyl (C=O) groups excluding carboxylic acids is 2. The summed E-state index contributed by atoms with van der Waals surface area (Å²) in [6.07, 6.45) is 1.63. The second-order valence-corrected chi connectivity index (χ2v) is 7.88. The second-order valence-electron chi connectivity index (χ2n) is 6.07. The molecule has 1 fully saturated rings. The summed E-state index contributed by atoms with van der Waals surface area (Å²) >= 11 is 13.5. The number of thioether (sulfide) groups is 1. The van der Waals surface area contributed by atoms with E-state index in [0.29, 0.717) is 45.2 Å². The smallest absolute Gasteiger partial charge is 0.293 e. The van der Waals surface area contributed by atoms with E-state index in [-0.39, 0.29) is 17.8 Å². The van der Waals surface area contributed by atoms with E-state index in [2.05, 4.69) is 0 Å². The average molecular weight is 452 g/mol. The molecule has 29 heavy (non-hydrogen) atoms. The fourth-order valence-corrected chi connectivity index (χ4v) is 4.13. The van der Waals surface area contributed by atoms with Crippen LogP contribution in [0.3, 0.4) is 0 Å². The van der Waals surface area contributed by atoms with Gasteiger partial charge in [-0.3, -0.25) is 14.5 Å². The summed E-state index contributed by atoms with van der Waals surface area (Å²) in [5.41, 5.74) is 1.47. The molecule has 2 aromatic rings. The van der Waals surface area contributed by atoms with Gasteiger partial charge in [-0.15, -0.1) is 0 Å². The van der Waals surface area contributed by atoms with Crippen LogP contribution in [0.15, 0.2) is 41.3 Å². The van der Waals surface area contributed by atoms with Gasteiger partial charge in [0, 0.05) is 17.1 Å². The van der Waals surface area contributed by atoms with Crippen LogP contribution in [0.1, 0.15) is 25.0 Å². The van der Waals surface area contributed by atoms with Crippen molar-refractivity contribution in [2.45, 2.75) is 20.5 Å². The highest BCUT2D eigenvalue weighted by Gasteiger charge is 2.33. The van der Waals surface area contributed by atoms with E-state index in [1.54, 1.807) is 31.2 Å². The number of benzene rings is 2. The third kappa shape index (κ3) is 4.89. The summed E-state index contributed by atoms with van der Waals surface area (Å²) in [6.45, 7) is 4.59. The summed E-state index contributed by atoms with van der Waals surface area (Å²) in [5.74, 6) is 0.538. The van der Waals surface area contributed by atoms with Gasteiger partial charge in [-0.05, 0) is 55.4 Å². The fourth-order valence-electron chi connectivity index (χ4n) is 2.76. The normalized spacial score (nSPS) is 15.3. The first kappa shape index (κ1) is 21.6.